The summed E-state index contributed by atoms with van der Waals surface area (Å²) in [5.41, 5.74) is 6.36. The smallest absolute Gasteiger partial charge is 0.416 e. The molecule has 3 nitrogen and oxygen atoms in total. The maximum atomic E-state index is 12.6. The molecule has 2 aromatic carbocycles. The Bertz CT molecular complexity index is 624. The van der Waals surface area contributed by atoms with Crippen LogP contribution in [-0.4, -0.2) is 14.2 Å². The van der Waals surface area contributed by atoms with Gasteiger partial charge in [0, 0.05) is 12.7 Å². The number of hydrogen-bond acceptors (Lipinski definition) is 3. The predicted molar refractivity (Wildman–Crippen MR) is 76.9 cm³/mol. The zero-order valence-corrected chi connectivity index (χ0v) is 11.6. The second kappa shape index (κ2) is 5.55. The highest BCUT2D eigenvalue weighted by Crippen LogP contribution is 2.36. The van der Waals surface area contributed by atoms with Crippen molar-refractivity contribution >= 4 is 17.1 Å². The van der Waals surface area contributed by atoms with Crippen molar-refractivity contribution in [2.75, 3.05) is 24.8 Å². The molecule has 0 atom stereocenters. The van der Waals surface area contributed by atoms with Crippen LogP contribution in [0.5, 0.6) is 5.75 Å². The molecule has 0 radical (unpaired) electrons. The molecule has 0 aliphatic heterocycles. The fourth-order valence-electron chi connectivity index (χ4n) is 1.98. The van der Waals surface area contributed by atoms with Gasteiger partial charge < -0.3 is 15.4 Å². The van der Waals surface area contributed by atoms with Crippen LogP contribution in [0.2, 0.25) is 0 Å². The molecule has 0 saturated heterocycles. The van der Waals surface area contributed by atoms with Crippen LogP contribution in [0.3, 0.4) is 0 Å². The zero-order valence-electron chi connectivity index (χ0n) is 11.6. The number of benzene rings is 2. The van der Waals surface area contributed by atoms with Crippen molar-refractivity contribution in [2.24, 2.45) is 0 Å². The number of hydrogen-bond donors (Lipinski definition) is 1. The monoisotopic (exact) mass is 296 g/mol. The summed E-state index contributed by atoms with van der Waals surface area (Å²) in [7, 11) is 3.30. The normalized spacial score (nSPS) is 11.3. The molecule has 2 N–H and O–H groups in total. The van der Waals surface area contributed by atoms with Gasteiger partial charge >= 0.3 is 6.18 Å². The van der Waals surface area contributed by atoms with Crippen LogP contribution in [0.4, 0.5) is 30.2 Å². The largest absolute Gasteiger partial charge is 0.497 e. The highest BCUT2D eigenvalue weighted by atomic mass is 19.4. The second-order valence-corrected chi connectivity index (χ2v) is 4.53. The summed E-state index contributed by atoms with van der Waals surface area (Å²) in [6.45, 7) is 0. The first-order chi connectivity index (χ1) is 9.82. The molecule has 0 aliphatic carbocycles. The molecule has 2 rings (SSSR count). The standard InChI is InChI=1S/C15H15F3N2O/c1-20(11-4-6-12(21-2)7-5-11)14-8-3-10(9-13(14)19)15(16,17)18/h3-9H,19H2,1-2H3. The Hall–Kier alpha value is -2.37. The Labute approximate surface area is 120 Å². The van der Waals surface area contributed by atoms with Gasteiger partial charge in [0.1, 0.15) is 5.75 Å². The average molecular weight is 296 g/mol. The van der Waals surface area contributed by atoms with Gasteiger partial charge in [0.2, 0.25) is 0 Å². The van der Waals surface area contributed by atoms with Crippen molar-refractivity contribution in [2.45, 2.75) is 6.18 Å². The van der Waals surface area contributed by atoms with E-state index in [0.717, 1.165) is 17.8 Å². The van der Waals surface area contributed by atoms with E-state index in [2.05, 4.69) is 0 Å². The molecular formula is C15H15F3N2O. The molecule has 0 unspecified atom stereocenters. The maximum absolute atomic E-state index is 12.6. The number of nitrogens with zero attached hydrogens (tertiary/aromatic N) is 1. The third-order valence-corrected chi connectivity index (χ3v) is 3.18. The summed E-state index contributed by atoms with van der Waals surface area (Å²) >= 11 is 0. The van der Waals surface area contributed by atoms with Crippen LogP contribution in [0, 0.1) is 0 Å². The Morgan fingerprint density at radius 1 is 1.05 bits per heavy atom. The van der Waals surface area contributed by atoms with Gasteiger partial charge in [-0.1, -0.05) is 0 Å². The van der Waals surface area contributed by atoms with Gasteiger partial charge in [-0.15, -0.1) is 0 Å². The van der Waals surface area contributed by atoms with Gasteiger partial charge in [-0.2, -0.15) is 13.2 Å². The van der Waals surface area contributed by atoms with Crippen LogP contribution >= 0.6 is 0 Å². The number of nitrogen functional groups attached to an aromatic ring is 1. The zero-order chi connectivity index (χ0) is 15.6. The number of methoxy groups -OCH3 is 1. The Morgan fingerprint density at radius 2 is 1.67 bits per heavy atom. The molecule has 0 fully saturated rings. The van der Waals surface area contributed by atoms with Crippen molar-refractivity contribution in [3.63, 3.8) is 0 Å². The molecule has 6 heteroatoms. The van der Waals surface area contributed by atoms with Crippen molar-refractivity contribution in [3.8, 4) is 5.75 Å². The van der Waals surface area contributed by atoms with E-state index in [1.165, 1.54) is 6.07 Å². The molecule has 112 valence electrons. The molecule has 2 aromatic rings. The van der Waals surface area contributed by atoms with Crippen molar-refractivity contribution in [1.82, 2.24) is 0 Å². The lowest BCUT2D eigenvalue weighted by Crippen LogP contribution is -2.13. The van der Waals surface area contributed by atoms with Crippen molar-refractivity contribution in [1.29, 1.82) is 0 Å². The molecule has 0 bridgehead atoms. The maximum Gasteiger partial charge on any atom is 0.416 e. The number of rotatable bonds is 3. The van der Waals surface area contributed by atoms with Gasteiger partial charge in [0.25, 0.3) is 0 Å². The van der Waals surface area contributed by atoms with E-state index in [1.54, 1.807) is 43.3 Å². The second-order valence-electron chi connectivity index (χ2n) is 4.53. The van der Waals surface area contributed by atoms with Gasteiger partial charge in [0.05, 0.1) is 24.0 Å². The van der Waals surface area contributed by atoms with E-state index in [-0.39, 0.29) is 5.69 Å². The fraction of sp³-hybridized carbons (Fsp3) is 0.200. The number of ether oxygens (including phenoxy) is 1. The summed E-state index contributed by atoms with van der Waals surface area (Å²) in [4.78, 5) is 1.72. The summed E-state index contributed by atoms with van der Waals surface area (Å²) in [5, 5.41) is 0. The molecule has 0 heterocycles. The first-order valence-corrected chi connectivity index (χ1v) is 6.17. The SMILES string of the molecule is COc1ccc(N(C)c2ccc(C(F)(F)F)cc2N)cc1. The van der Waals surface area contributed by atoms with Gasteiger partial charge in [-0.25, -0.2) is 0 Å². The van der Waals surface area contributed by atoms with Crippen molar-refractivity contribution in [3.05, 3.63) is 48.0 Å². The summed E-state index contributed by atoms with van der Waals surface area (Å²) in [5.74, 6) is 0.701. The van der Waals surface area contributed by atoms with Crippen LogP contribution in [0.25, 0.3) is 0 Å². The molecule has 0 aliphatic rings. The van der Waals surface area contributed by atoms with E-state index in [4.69, 9.17) is 10.5 Å². The summed E-state index contributed by atoms with van der Waals surface area (Å²) in [6, 6.07) is 10.5. The van der Waals surface area contributed by atoms with E-state index in [1.807, 2.05) is 0 Å². The van der Waals surface area contributed by atoms with Gasteiger partial charge in [0.15, 0.2) is 0 Å². The number of anilines is 3. The third kappa shape index (κ3) is 3.21. The number of nitrogens with two attached hydrogens (primary N) is 1. The van der Waals surface area contributed by atoms with E-state index < -0.39 is 11.7 Å². The van der Waals surface area contributed by atoms with E-state index in [0.29, 0.717) is 11.4 Å². The van der Waals surface area contributed by atoms with Crippen LogP contribution in [0.15, 0.2) is 42.5 Å². The molecular weight excluding hydrogens is 281 g/mol. The van der Waals surface area contributed by atoms with E-state index in [9.17, 15) is 13.2 Å². The minimum atomic E-state index is -4.40. The number of halogens is 3. The Morgan fingerprint density at radius 3 is 2.14 bits per heavy atom. The number of alkyl halides is 3. The average Bonchev–Trinajstić information content (AvgIpc) is 2.45. The van der Waals surface area contributed by atoms with Crippen LogP contribution in [-0.2, 0) is 6.18 Å². The lowest BCUT2D eigenvalue weighted by Gasteiger charge is -2.22. The van der Waals surface area contributed by atoms with E-state index >= 15 is 0 Å². The molecule has 0 spiro atoms. The lowest BCUT2D eigenvalue weighted by atomic mass is 10.1. The van der Waals surface area contributed by atoms with Gasteiger partial charge in [-0.05, 0) is 42.5 Å². The first kappa shape index (κ1) is 15.0. The van der Waals surface area contributed by atoms with Crippen LogP contribution in [0.1, 0.15) is 5.56 Å². The fourth-order valence-corrected chi connectivity index (χ4v) is 1.98. The minimum Gasteiger partial charge on any atom is -0.497 e. The highest BCUT2D eigenvalue weighted by Gasteiger charge is 2.31. The molecule has 0 aromatic heterocycles. The quantitative estimate of drug-likeness (QED) is 0.868. The first-order valence-electron chi connectivity index (χ1n) is 6.17. The molecule has 21 heavy (non-hydrogen) atoms. The summed E-state index contributed by atoms with van der Waals surface area (Å²) < 4.78 is 42.9. The lowest BCUT2D eigenvalue weighted by molar-refractivity contribution is -0.137. The molecule has 0 saturated carbocycles. The Balaban J connectivity index is 2.32. The van der Waals surface area contributed by atoms with Crippen molar-refractivity contribution < 1.29 is 17.9 Å². The minimum absolute atomic E-state index is 0.0724. The third-order valence-electron chi connectivity index (χ3n) is 3.18. The van der Waals surface area contributed by atoms with Gasteiger partial charge in [-0.3, -0.25) is 0 Å². The topological polar surface area (TPSA) is 38.5 Å². The van der Waals surface area contributed by atoms with Crippen LogP contribution < -0.4 is 15.4 Å². The highest BCUT2D eigenvalue weighted by molar-refractivity contribution is 5.75. The Kier molecular flexibility index (Phi) is 3.97. The predicted octanol–water partition coefficient (Wildman–Crippen LogP) is 4.06. The summed E-state index contributed by atoms with van der Waals surface area (Å²) in [6.07, 6.45) is -4.40. The molecule has 0 amide bonds.